The molecule has 0 unspecified atom stereocenters. The third kappa shape index (κ3) is 4.45. The van der Waals surface area contributed by atoms with Gasteiger partial charge in [0.25, 0.3) is 0 Å². The van der Waals surface area contributed by atoms with Gasteiger partial charge in [-0.25, -0.2) is 0 Å². The van der Waals surface area contributed by atoms with Gasteiger partial charge in [-0.05, 0) is 48.9 Å². The molecule has 0 atom stereocenters. The Kier molecular flexibility index (Phi) is 5.96. The highest BCUT2D eigenvalue weighted by atomic mass is 35.5. The number of carbonyl (C=O) groups excluding carboxylic acids is 1. The van der Waals surface area contributed by atoms with Gasteiger partial charge in [0.1, 0.15) is 0 Å². The Labute approximate surface area is 161 Å². The van der Waals surface area contributed by atoms with Crippen LogP contribution in [-0.4, -0.2) is 20.7 Å². The molecule has 5 nitrogen and oxygen atoms in total. The fraction of sp³-hybridized carbons (Fsp3) is 0.211. The van der Waals surface area contributed by atoms with Gasteiger partial charge in [0, 0.05) is 35.5 Å². The lowest BCUT2D eigenvalue weighted by Crippen LogP contribution is -2.05. The van der Waals surface area contributed by atoms with E-state index in [-0.39, 0.29) is 5.91 Å². The summed E-state index contributed by atoms with van der Waals surface area (Å²) in [7, 11) is 0. The minimum absolute atomic E-state index is 0.0887. The van der Waals surface area contributed by atoms with Crippen LogP contribution in [0.5, 0.6) is 0 Å². The molecule has 26 heavy (non-hydrogen) atoms. The molecule has 0 spiro atoms. The number of hydrogen-bond acceptors (Lipinski definition) is 4. The molecule has 0 aliphatic heterocycles. The first-order valence-electron chi connectivity index (χ1n) is 8.25. The molecule has 134 valence electrons. The highest BCUT2D eigenvalue weighted by molar-refractivity contribution is 7.98. The summed E-state index contributed by atoms with van der Waals surface area (Å²) < 4.78 is 2.09. The van der Waals surface area contributed by atoms with E-state index in [9.17, 15) is 4.79 Å². The molecule has 2 aromatic carbocycles. The van der Waals surface area contributed by atoms with E-state index in [1.165, 1.54) is 6.92 Å². The SMILES string of the molecule is CCn1c(SCc2cccc(Cl)c2)nnc1-c1ccc(NC(C)=O)cc1. The van der Waals surface area contributed by atoms with Crippen LogP contribution in [0.25, 0.3) is 11.4 Å². The predicted molar refractivity (Wildman–Crippen MR) is 106 cm³/mol. The zero-order valence-electron chi connectivity index (χ0n) is 14.6. The lowest BCUT2D eigenvalue weighted by molar-refractivity contribution is -0.114. The van der Waals surface area contributed by atoms with Crippen molar-refractivity contribution in [3.8, 4) is 11.4 Å². The third-order valence-corrected chi connectivity index (χ3v) is 5.03. The van der Waals surface area contributed by atoms with E-state index in [0.29, 0.717) is 0 Å². The number of rotatable bonds is 6. The zero-order chi connectivity index (χ0) is 18.5. The molecule has 1 amide bonds. The molecule has 0 radical (unpaired) electrons. The van der Waals surface area contributed by atoms with Crippen molar-refractivity contribution in [2.24, 2.45) is 0 Å². The lowest BCUT2D eigenvalue weighted by atomic mass is 10.2. The van der Waals surface area contributed by atoms with Crippen LogP contribution in [-0.2, 0) is 17.1 Å². The van der Waals surface area contributed by atoms with Crippen molar-refractivity contribution in [1.29, 1.82) is 0 Å². The Morgan fingerprint density at radius 3 is 2.62 bits per heavy atom. The predicted octanol–water partition coefficient (Wildman–Crippen LogP) is 4.87. The normalized spacial score (nSPS) is 10.7. The smallest absolute Gasteiger partial charge is 0.221 e. The topological polar surface area (TPSA) is 59.8 Å². The van der Waals surface area contributed by atoms with Gasteiger partial charge in [0.05, 0.1) is 0 Å². The molecule has 3 rings (SSSR count). The summed E-state index contributed by atoms with van der Waals surface area (Å²) in [6.07, 6.45) is 0. The van der Waals surface area contributed by atoms with Crippen LogP contribution in [0.15, 0.2) is 53.7 Å². The molecule has 0 saturated heterocycles. The quantitative estimate of drug-likeness (QED) is 0.614. The molecule has 0 saturated carbocycles. The van der Waals surface area contributed by atoms with E-state index in [1.807, 2.05) is 48.5 Å². The van der Waals surface area contributed by atoms with E-state index in [0.717, 1.165) is 45.1 Å². The van der Waals surface area contributed by atoms with Crippen LogP contribution in [0, 0.1) is 0 Å². The molecule has 1 N–H and O–H groups in total. The van der Waals surface area contributed by atoms with Crippen LogP contribution in [0.1, 0.15) is 19.4 Å². The van der Waals surface area contributed by atoms with Crippen LogP contribution >= 0.6 is 23.4 Å². The Balaban J connectivity index is 1.78. The molecule has 0 fully saturated rings. The zero-order valence-corrected chi connectivity index (χ0v) is 16.1. The molecule has 7 heteroatoms. The van der Waals surface area contributed by atoms with E-state index in [1.54, 1.807) is 11.8 Å². The van der Waals surface area contributed by atoms with Gasteiger partial charge in [-0.2, -0.15) is 0 Å². The lowest BCUT2D eigenvalue weighted by Gasteiger charge is -2.08. The van der Waals surface area contributed by atoms with Crippen LogP contribution in [0.4, 0.5) is 5.69 Å². The number of nitrogens with zero attached hydrogens (tertiary/aromatic N) is 3. The first-order chi connectivity index (χ1) is 12.6. The average molecular weight is 387 g/mol. The Hall–Kier alpha value is -2.31. The molecular formula is C19H19ClN4OS. The summed E-state index contributed by atoms with van der Waals surface area (Å²) in [4.78, 5) is 11.1. The van der Waals surface area contributed by atoms with Gasteiger partial charge in [0.2, 0.25) is 5.91 Å². The summed E-state index contributed by atoms with van der Waals surface area (Å²) in [5.74, 6) is 1.50. The Morgan fingerprint density at radius 2 is 1.96 bits per heavy atom. The van der Waals surface area contributed by atoms with Crippen molar-refractivity contribution in [1.82, 2.24) is 14.8 Å². The summed E-state index contributed by atoms with van der Waals surface area (Å²) in [6, 6.07) is 15.4. The number of halogens is 1. The van der Waals surface area contributed by atoms with Gasteiger partial charge in [-0.1, -0.05) is 35.5 Å². The van der Waals surface area contributed by atoms with E-state index in [2.05, 4.69) is 27.0 Å². The number of hydrogen-bond donors (Lipinski definition) is 1. The maximum absolute atomic E-state index is 11.1. The van der Waals surface area contributed by atoms with Crippen molar-refractivity contribution in [2.75, 3.05) is 5.32 Å². The number of amides is 1. The molecule has 0 bridgehead atoms. The number of anilines is 1. The first-order valence-corrected chi connectivity index (χ1v) is 9.61. The standard InChI is InChI=1S/C19H19ClN4OS/c1-3-24-18(15-7-9-17(10-8-15)21-13(2)25)22-23-19(24)26-12-14-5-4-6-16(20)11-14/h4-11H,3,12H2,1-2H3,(H,21,25). The van der Waals surface area contributed by atoms with Crippen LogP contribution < -0.4 is 5.32 Å². The van der Waals surface area contributed by atoms with E-state index < -0.39 is 0 Å². The summed E-state index contributed by atoms with van der Waals surface area (Å²) >= 11 is 7.68. The van der Waals surface area contributed by atoms with Crippen molar-refractivity contribution in [3.63, 3.8) is 0 Å². The van der Waals surface area contributed by atoms with Crippen LogP contribution in [0.3, 0.4) is 0 Å². The minimum Gasteiger partial charge on any atom is -0.326 e. The number of carbonyl (C=O) groups is 1. The number of nitrogens with one attached hydrogen (secondary N) is 1. The number of benzene rings is 2. The fourth-order valence-electron chi connectivity index (χ4n) is 2.57. The van der Waals surface area contributed by atoms with Crippen molar-refractivity contribution in [2.45, 2.75) is 31.3 Å². The highest BCUT2D eigenvalue weighted by Crippen LogP contribution is 2.27. The van der Waals surface area contributed by atoms with Crippen molar-refractivity contribution in [3.05, 3.63) is 59.1 Å². The number of aromatic nitrogens is 3. The molecule has 3 aromatic rings. The average Bonchev–Trinajstić information content (AvgIpc) is 3.03. The summed E-state index contributed by atoms with van der Waals surface area (Å²) in [5.41, 5.74) is 2.87. The second-order valence-corrected chi connectivity index (χ2v) is 7.11. The number of thioether (sulfide) groups is 1. The summed E-state index contributed by atoms with van der Waals surface area (Å²) in [5, 5.41) is 13.1. The van der Waals surface area contributed by atoms with Crippen LogP contribution in [0.2, 0.25) is 5.02 Å². The van der Waals surface area contributed by atoms with E-state index in [4.69, 9.17) is 11.6 Å². The maximum atomic E-state index is 11.1. The van der Waals surface area contributed by atoms with Gasteiger partial charge in [0.15, 0.2) is 11.0 Å². The van der Waals surface area contributed by atoms with Gasteiger partial charge in [-0.3, -0.25) is 4.79 Å². The molecule has 0 aliphatic carbocycles. The second kappa shape index (κ2) is 8.38. The monoisotopic (exact) mass is 386 g/mol. The van der Waals surface area contributed by atoms with E-state index >= 15 is 0 Å². The fourth-order valence-corrected chi connectivity index (χ4v) is 3.73. The molecule has 1 heterocycles. The van der Waals surface area contributed by atoms with Gasteiger partial charge in [-0.15, -0.1) is 10.2 Å². The Morgan fingerprint density at radius 1 is 1.19 bits per heavy atom. The summed E-state index contributed by atoms with van der Waals surface area (Å²) in [6.45, 7) is 4.33. The molecule has 0 aliphatic rings. The van der Waals surface area contributed by atoms with Crippen molar-refractivity contribution >= 4 is 35.0 Å². The van der Waals surface area contributed by atoms with Crippen molar-refractivity contribution < 1.29 is 4.79 Å². The maximum Gasteiger partial charge on any atom is 0.221 e. The third-order valence-electron chi connectivity index (χ3n) is 3.75. The largest absolute Gasteiger partial charge is 0.326 e. The van der Waals surface area contributed by atoms with Gasteiger partial charge >= 0.3 is 0 Å². The second-order valence-electron chi connectivity index (χ2n) is 5.73. The highest BCUT2D eigenvalue weighted by Gasteiger charge is 2.13. The Bertz CT molecular complexity index is 908. The molecular weight excluding hydrogens is 368 g/mol. The molecule has 1 aromatic heterocycles. The first kappa shape index (κ1) is 18.5. The van der Waals surface area contributed by atoms with Gasteiger partial charge < -0.3 is 9.88 Å². The minimum atomic E-state index is -0.0887.